The zero-order chi connectivity index (χ0) is 15.4. The number of ether oxygens (including phenoxy) is 1. The van der Waals surface area contributed by atoms with Gasteiger partial charge in [0.05, 0.1) is 10.0 Å². The van der Waals surface area contributed by atoms with Gasteiger partial charge in [0, 0.05) is 18.8 Å². The Bertz CT molecular complexity index is 740. The van der Waals surface area contributed by atoms with Crippen LogP contribution in [0.15, 0.2) is 54.9 Å². The Morgan fingerprint density at radius 3 is 2.41 bits per heavy atom. The van der Waals surface area contributed by atoms with Crippen LogP contribution in [-0.2, 0) is 13.0 Å². The number of hydrogen-bond donors (Lipinski definition) is 1. The van der Waals surface area contributed by atoms with Crippen LogP contribution in [0.25, 0.3) is 0 Å². The molecule has 22 heavy (non-hydrogen) atoms. The van der Waals surface area contributed by atoms with Crippen molar-refractivity contribution in [2.75, 3.05) is 0 Å². The van der Waals surface area contributed by atoms with Gasteiger partial charge in [0.1, 0.15) is 18.2 Å². The highest BCUT2D eigenvalue weighted by atomic mass is 35.5. The van der Waals surface area contributed by atoms with Gasteiger partial charge in [-0.05, 0) is 35.4 Å². The Morgan fingerprint density at radius 2 is 1.73 bits per heavy atom. The van der Waals surface area contributed by atoms with Crippen LogP contribution in [0.1, 0.15) is 17.0 Å². The molecular formula is C17H14Cl2N2O. The second-order valence-electron chi connectivity index (χ2n) is 4.89. The maximum Gasteiger partial charge on any atom is 0.119 e. The van der Waals surface area contributed by atoms with E-state index in [0.29, 0.717) is 16.7 Å². The average molecular weight is 333 g/mol. The van der Waals surface area contributed by atoms with Gasteiger partial charge in [-0.1, -0.05) is 41.4 Å². The Labute approximate surface area is 138 Å². The summed E-state index contributed by atoms with van der Waals surface area (Å²) in [4.78, 5) is 7.31. The van der Waals surface area contributed by atoms with Crippen molar-refractivity contribution in [3.63, 3.8) is 0 Å². The molecule has 3 rings (SSSR count). The maximum absolute atomic E-state index is 5.99. The van der Waals surface area contributed by atoms with Gasteiger partial charge in [0.2, 0.25) is 0 Å². The molecule has 0 fully saturated rings. The zero-order valence-corrected chi connectivity index (χ0v) is 13.2. The first-order valence-electron chi connectivity index (χ1n) is 6.84. The molecule has 0 spiro atoms. The number of halogens is 2. The van der Waals surface area contributed by atoms with Gasteiger partial charge < -0.3 is 9.72 Å². The van der Waals surface area contributed by atoms with Gasteiger partial charge in [-0.2, -0.15) is 0 Å². The molecule has 0 radical (unpaired) electrons. The molecule has 0 atom stereocenters. The first-order chi connectivity index (χ1) is 10.7. The third-order valence-corrected chi connectivity index (χ3v) is 3.98. The van der Waals surface area contributed by atoms with Crippen molar-refractivity contribution in [3.05, 3.63) is 81.9 Å². The number of H-pyrrole nitrogens is 1. The summed E-state index contributed by atoms with van der Waals surface area (Å²) < 4.78 is 5.75. The topological polar surface area (TPSA) is 37.9 Å². The Kier molecular flexibility index (Phi) is 4.66. The lowest BCUT2D eigenvalue weighted by atomic mass is 10.1. The quantitative estimate of drug-likeness (QED) is 0.722. The SMILES string of the molecule is Clc1ccc(COc2ccc(Cc3ncc[nH]3)cc2)cc1Cl. The lowest BCUT2D eigenvalue weighted by molar-refractivity contribution is 0.306. The van der Waals surface area contributed by atoms with E-state index in [1.165, 1.54) is 5.56 Å². The summed E-state index contributed by atoms with van der Waals surface area (Å²) in [6, 6.07) is 13.5. The van der Waals surface area contributed by atoms with E-state index in [0.717, 1.165) is 23.6 Å². The lowest BCUT2D eigenvalue weighted by Crippen LogP contribution is -1.96. The van der Waals surface area contributed by atoms with Gasteiger partial charge in [0.15, 0.2) is 0 Å². The van der Waals surface area contributed by atoms with Gasteiger partial charge >= 0.3 is 0 Å². The Morgan fingerprint density at radius 1 is 0.955 bits per heavy atom. The summed E-state index contributed by atoms with van der Waals surface area (Å²) in [7, 11) is 0. The fourth-order valence-electron chi connectivity index (χ4n) is 2.09. The summed E-state index contributed by atoms with van der Waals surface area (Å²) in [5.41, 5.74) is 2.16. The highest BCUT2D eigenvalue weighted by Gasteiger charge is 2.02. The van der Waals surface area contributed by atoms with Crippen LogP contribution in [0.3, 0.4) is 0 Å². The monoisotopic (exact) mass is 332 g/mol. The van der Waals surface area contributed by atoms with Gasteiger partial charge in [-0.25, -0.2) is 4.98 Å². The molecule has 0 amide bonds. The highest BCUT2D eigenvalue weighted by molar-refractivity contribution is 6.42. The number of rotatable bonds is 5. The average Bonchev–Trinajstić information content (AvgIpc) is 3.03. The predicted octanol–water partition coefficient (Wildman–Crippen LogP) is 4.89. The van der Waals surface area contributed by atoms with Crippen molar-refractivity contribution in [2.24, 2.45) is 0 Å². The number of aromatic nitrogens is 2. The number of nitrogens with zero attached hydrogens (tertiary/aromatic N) is 1. The van der Waals surface area contributed by atoms with Crippen LogP contribution in [0.5, 0.6) is 5.75 Å². The van der Waals surface area contributed by atoms with E-state index in [2.05, 4.69) is 9.97 Å². The molecule has 3 nitrogen and oxygen atoms in total. The smallest absolute Gasteiger partial charge is 0.119 e. The fourth-order valence-corrected chi connectivity index (χ4v) is 2.41. The van der Waals surface area contributed by atoms with E-state index in [4.69, 9.17) is 27.9 Å². The molecule has 0 saturated carbocycles. The Balaban J connectivity index is 1.60. The van der Waals surface area contributed by atoms with Gasteiger partial charge in [-0.3, -0.25) is 0 Å². The van der Waals surface area contributed by atoms with E-state index in [-0.39, 0.29) is 0 Å². The molecule has 1 N–H and O–H groups in total. The molecule has 2 aromatic carbocycles. The number of benzene rings is 2. The largest absolute Gasteiger partial charge is 0.489 e. The predicted molar refractivity (Wildman–Crippen MR) is 88.6 cm³/mol. The molecule has 0 aliphatic carbocycles. The van der Waals surface area contributed by atoms with Crippen LogP contribution in [0, 0.1) is 0 Å². The van der Waals surface area contributed by atoms with Gasteiger partial charge in [0.25, 0.3) is 0 Å². The second kappa shape index (κ2) is 6.86. The Hall–Kier alpha value is -1.97. The molecule has 3 aromatic rings. The molecule has 0 aliphatic rings. The first-order valence-corrected chi connectivity index (χ1v) is 7.60. The van der Waals surface area contributed by atoms with Crippen molar-refractivity contribution in [3.8, 4) is 5.75 Å². The summed E-state index contributed by atoms with van der Waals surface area (Å²) >= 11 is 11.9. The fraction of sp³-hybridized carbons (Fsp3) is 0.118. The van der Waals surface area contributed by atoms with Crippen LogP contribution in [0.2, 0.25) is 10.0 Å². The number of hydrogen-bond acceptors (Lipinski definition) is 2. The maximum atomic E-state index is 5.99. The molecule has 0 bridgehead atoms. The molecule has 112 valence electrons. The van der Waals surface area contributed by atoms with E-state index in [1.54, 1.807) is 12.3 Å². The standard InChI is InChI=1S/C17H14Cl2N2O/c18-15-6-3-13(9-16(15)19)11-22-14-4-1-12(2-5-14)10-17-20-7-8-21-17/h1-9H,10-11H2,(H,20,21). The second-order valence-corrected chi connectivity index (χ2v) is 5.71. The molecule has 0 unspecified atom stereocenters. The minimum absolute atomic E-state index is 0.453. The van der Waals surface area contributed by atoms with Crippen molar-refractivity contribution in [1.29, 1.82) is 0 Å². The molecule has 5 heteroatoms. The summed E-state index contributed by atoms with van der Waals surface area (Å²) in [6.07, 6.45) is 4.36. The third-order valence-electron chi connectivity index (χ3n) is 3.24. The number of nitrogens with one attached hydrogen (secondary N) is 1. The molecular weight excluding hydrogens is 319 g/mol. The van der Waals surface area contributed by atoms with Crippen molar-refractivity contribution in [2.45, 2.75) is 13.0 Å². The molecule has 0 aliphatic heterocycles. The minimum atomic E-state index is 0.453. The van der Waals surface area contributed by atoms with Crippen LogP contribution >= 0.6 is 23.2 Å². The summed E-state index contributed by atoms with van der Waals surface area (Å²) in [5, 5.41) is 1.09. The van der Waals surface area contributed by atoms with Crippen molar-refractivity contribution in [1.82, 2.24) is 9.97 Å². The van der Waals surface area contributed by atoms with Crippen molar-refractivity contribution < 1.29 is 4.74 Å². The number of imidazole rings is 1. The van der Waals surface area contributed by atoms with E-state index < -0.39 is 0 Å². The minimum Gasteiger partial charge on any atom is -0.489 e. The highest BCUT2D eigenvalue weighted by Crippen LogP contribution is 2.23. The van der Waals surface area contributed by atoms with Crippen molar-refractivity contribution >= 4 is 23.2 Å². The third kappa shape index (κ3) is 3.81. The molecule has 1 aromatic heterocycles. The van der Waals surface area contributed by atoms with E-state index >= 15 is 0 Å². The summed E-state index contributed by atoms with van der Waals surface area (Å²) in [5.74, 6) is 1.76. The van der Waals surface area contributed by atoms with Crippen LogP contribution < -0.4 is 4.74 Å². The van der Waals surface area contributed by atoms with Crippen LogP contribution in [-0.4, -0.2) is 9.97 Å². The molecule has 1 heterocycles. The number of aromatic amines is 1. The first kappa shape index (κ1) is 14.9. The summed E-state index contributed by atoms with van der Waals surface area (Å²) in [6.45, 7) is 0.453. The normalized spacial score (nSPS) is 10.6. The van der Waals surface area contributed by atoms with Gasteiger partial charge in [-0.15, -0.1) is 0 Å². The zero-order valence-electron chi connectivity index (χ0n) is 11.7. The molecule has 0 saturated heterocycles. The van der Waals surface area contributed by atoms with E-state index in [9.17, 15) is 0 Å². The van der Waals surface area contributed by atoms with Crippen LogP contribution in [0.4, 0.5) is 0 Å². The van der Waals surface area contributed by atoms with E-state index in [1.807, 2.05) is 42.6 Å². The lowest BCUT2D eigenvalue weighted by Gasteiger charge is -2.08.